The molecular formula is C12H18N2O2. The highest BCUT2D eigenvalue weighted by Gasteiger charge is 2.20. The van der Waals surface area contributed by atoms with E-state index < -0.39 is 0 Å². The van der Waals surface area contributed by atoms with Gasteiger partial charge in [-0.25, -0.2) is 0 Å². The highest BCUT2D eigenvalue weighted by molar-refractivity contribution is 5.82. The Morgan fingerprint density at radius 2 is 2.00 bits per heavy atom. The maximum absolute atomic E-state index is 11.9. The van der Waals surface area contributed by atoms with Gasteiger partial charge < -0.3 is 10.0 Å². The summed E-state index contributed by atoms with van der Waals surface area (Å²) in [4.78, 5) is 13.5. The molecule has 0 bridgehead atoms. The van der Waals surface area contributed by atoms with E-state index >= 15 is 0 Å². The summed E-state index contributed by atoms with van der Waals surface area (Å²) in [5, 5.41) is 11.8. The van der Waals surface area contributed by atoms with Gasteiger partial charge in [-0.15, -0.1) is 0 Å². The van der Waals surface area contributed by atoms with Gasteiger partial charge in [0.25, 0.3) is 0 Å². The molecule has 0 aliphatic carbocycles. The van der Waals surface area contributed by atoms with Crippen LogP contribution >= 0.6 is 0 Å². The quantitative estimate of drug-likeness (QED) is 0.758. The van der Waals surface area contributed by atoms with E-state index in [1.54, 1.807) is 19.0 Å². The van der Waals surface area contributed by atoms with Crippen molar-refractivity contribution in [2.75, 3.05) is 27.2 Å². The Bertz CT molecular complexity index is 325. The number of aliphatic hydroxyl groups excluding tert-OH is 1. The van der Waals surface area contributed by atoms with Crippen LogP contribution in [-0.2, 0) is 4.79 Å². The van der Waals surface area contributed by atoms with Crippen molar-refractivity contribution >= 4 is 5.91 Å². The first-order valence-electron chi connectivity index (χ1n) is 5.27. The van der Waals surface area contributed by atoms with E-state index in [2.05, 4.69) is 5.32 Å². The summed E-state index contributed by atoms with van der Waals surface area (Å²) in [6.07, 6.45) is 0. The maximum Gasteiger partial charge on any atom is 0.243 e. The molecule has 1 aromatic carbocycles. The fraction of sp³-hybridized carbons (Fsp3) is 0.417. The van der Waals surface area contributed by atoms with Crippen molar-refractivity contribution in [3.8, 4) is 0 Å². The van der Waals surface area contributed by atoms with E-state index in [0.29, 0.717) is 6.54 Å². The van der Waals surface area contributed by atoms with Gasteiger partial charge in [-0.3, -0.25) is 10.1 Å². The Kier molecular flexibility index (Phi) is 4.95. The Balaban J connectivity index is 2.83. The monoisotopic (exact) mass is 222 g/mol. The average molecular weight is 222 g/mol. The molecule has 0 unspecified atom stereocenters. The predicted octanol–water partition coefficient (Wildman–Crippen LogP) is 0.398. The van der Waals surface area contributed by atoms with Crippen molar-refractivity contribution in [2.24, 2.45) is 0 Å². The first kappa shape index (κ1) is 12.7. The van der Waals surface area contributed by atoms with E-state index in [9.17, 15) is 4.79 Å². The number of rotatable bonds is 5. The zero-order valence-corrected chi connectivity index (χ0v) is 9.68. The number of amides is 1. The van der Waals surface area contributed by atoms with Gasteiger partial charge in [-0.05, 0) is 5.56 Å². The number of carbonyl (C=O) groups is 1. The van der Waals surface area contributed by atoms with E-state index in [1.165, 1.54) is 0 Å². The Morgan fingerprint density at radius 1 is 1.38 bits per heavy atom. The predicted molar refractivity (Wildman–Crippen MR) is 63.0 cm³/mol. The lowest BCUT2D eigenvalue weighted by Crippen LogP contribution is -2.38. The fourth-order valence-corrected chi connectivity index (χ4v) is 1.46. The number of hydrogen-bond donors (Lipinski definition) is 2. The van der Waals surface area contributed by atoms with Gasteiger partial charge in [0.15, 0.2) is 0 Å². The fourth-order valence-electron chi connectivity index (χ4n) is 1.46. The van der Waals surface area contributed by atoms with Crippen LogP contribution in [-0.4, -0.2) is 43.2 Å². The Hall–Kier alpha value is -1.39. The minimum Gasteiger partial charge on any atom is -0.395 e. The molecule has 4 nitrogen and oxygen atoms in total. The molecule has 16 heavy (non-hydrogen) atoms. The van der Waals surface area contributed by atoms with Crippen LogP contribution in [0.4, 0.5) is 0 Å². The third kappa shape index (κ3) is 3.32. The second-order valence-electron chi connectivity index (χ2n) is 3.75. The summed E-state index contributed by atoms with van der Waals surface area (Å²) in [5.74, 6) is -0.0142. The molecule has 4 heteroatoms. The van der Waals surface area contributed by atoms with Crippen molar-refractivity contribution < 1.29 is 9.90 Å². The number of nitrogens with one attached hydrogen (secondary N) is 1. The van der Waals surface area contributed by atoms with Gasteiger partial charge in [-0.1, -0.05) is 30.3 Å². The van der Waals surface area contributed by atoms with Gasteiger partial charge in [0, 0.05) is 20.6 Å². The molecule has 2 N–H and O–H groups in total. The van der Waals surface area contributed by atoms with Gasteiger partial charge in [-0.2, -0.15) is 0 Å². The molecule has 0 radical (unpaired) electrons. The normalized spacial score (nSPS) is 12.2. The summed E-state index contributed by atoms with van der Waals surface area (Å²) in [6.45, 7) is 0.420. The minimum absolute atomic E-state index is 0.0142. The van der Waals surface area contributed by atoms with Crippen molar-refractivity contribution in [1.29, 1.82) is 0 Å². The molecule has 0 spiro atoms. The van der Waals surface area contributed by atoms with Crippen LogP contribution in [0.15, 0.2) is 30.3 Å². The zero-order valence-electron chi connectivity index (χ0n) is 9.68. The van der Waals surface area contributed by atoms with Crippen LogP contribution < -0.4 is 5.32 Å². The third-order valence-electron chi connectivity index (χ3n) is 2.28. The number of benzene rings is 1. The number of aliphatic hydroxyl groups is 1. The van der Waals surface area contributed by atoms with E-state index in [1.807, 2.05) is 30.3 Å². The van der Waals surface area contributed by atoms with E-state index in [4.69, 9.17) is 5.11 Å². The molecule has 1 rings (SSSR count). The van der Waals surface area contributed by atoms with Crippen LogP contribution in [0.5, 0.6) is 0 Å². The largest absolute Gasteiger partial charge is 0.395 e. The standard InChI is InChI=1S/C12H18N2O2/c1-14(2)12(16)11(13-8-9-15)10-6-4-3-5-7-10/h3-7,11,13,15H,8-9H2,1-2H3/t11-/m0/s1. The lowest BCUT2D eigenvalue weighted by molar-refractivity contribution is -0.131. The first-order valence-corrected chi connectivity index (χ1v) is 5.27. The van der Waals surface area contributed by atoms with Gasteiger partial charge >= 0.3 is 0 Å². The van der Waals surface area contributed by atoms with Crippen molar-refractivity contribution in [1.82, 2.24) is 10.2 Å². The molecule has 88 valence electrons. The van der Waals surface area contributed by atoms with E-state index in [0.717, 1.165) is 5.56 Å². The van der Waals surface area contributed by atoms with Gasteiger partial charge in [0.2, 0.25) is 5.91 Å². The zero-order chi connectivity index (χ0) is 12.0. The number of likely N-dealkylation sites (N-methyl/N-ethyl adjacent to an activating group) is 1. The molecule has 1 atom stereocenters. The number of hydrogen-bond acceptors (Lipinski definition) is 3. The van der Waals surface area contributed by atoms with Gasteiger partial charge in [0.05, 0.1) is 6.61 Å². The lowest BCUT2D eigenvalue weighted by Gasteiger charge is -2.21. The third-order valence-corrected chi connectivity index (χ3v) is 2.28. The van der Waals surface area contributed by atoms with Crippen molar-refractivity contribution in [3.63, 3.8) is 0 Å². The smallest absolute Gasteiger partial charge is 0.243 e. The minimum atomic E-state index is -0.386. The van der Waals surface area contributed by atoms with Crippen LogP contribution in [0.1, 0.15) is 11.6 Å². The molecule has 0 aliphatic heterocycles. The molecule has 0 saturated heterocycles. The summed E-state index contributed by atoms with van der Waals surface area (Å²) in [6, 6.07) is 9.11. The van der Waals surface area contributed by atoms with Crippen LogP contribution in [0.2, 0.25) is 0 Å². The van der Waals surface area contributed by atoms with Crippen molar-refractivity contribution in [2.45, 2.75) is 6.04 Å². The van der Waals surface area contributed by atoms with Crippen molar-refractivity contribution in [3.05, 3.63) is 35.9 Å². The second kappa shape index (κ2) is 6.25. The van der Waals surface area contributed by atoms with Gasteiger partial charge in [0.1, 0.15) is 6.04 Å². The van der Waals surface area contributed by atoms with Crippen LogP contribution in [0.25, 0.3) is 0 Å². The lowest BCUT2D eigenvalue weighted by atomic mass is 10.1. The highest BCUT2D eigenvalue weighted by atomic mass is 16.3. The summed E-state index contributed by atoms with van der Waals surface area (Å²) in [5.41, 5.74) is 0.912. The molecule has 0 aromatic heterocycles. The molecule has 0 aliphatic rings. The summed E-state index contributed by atoms with van der Waals surface area (Å²) in [7, 11) is 3.44. The SMILES string of the molecule is CN(C)C(=O)[C@@H](NCCO)c1ccccc1. The van der Waals surface area contributed by atoms with Crippen LogP contribution in [0, 0.1) is 0 Å². The number of nitrogens with zero attached hydrogens (tertiary/aromatic N) is 1. The highest BCUT2D eigenvalue weighted by Crippen LogP contribution is 2.14. The Morgan fingerprint density at radius 3 is 2.50 bits per heavy atom. The molecule has 0 saturated carbocycles. The van der Waals surface area contributed by atoms with E-state index in [-0.39, 0.29) is 18.6 Å². The molecule has 0 fully saturated rings. The first-order chi connectivity index (χ1) is 7.66. The Labute approximate surface area is 95.9 Å². The molecule has 0 heterocycles. The molecule has 1 amide bonds. The number of carbonyl (C=O) groups excluding carboxylic acids is 1. The van der Waals surface area contributed by atoms with Crippen LogP contribution in [0.3, 0.4) is 0 Å². The average Bonchev–Trinajstić information content (AvgIpc) is 2.30. The molecule has 1 aromatic rings. The summed E-state index contributed by atoms with van der Waals surface area (Å²) >= 11 is 0. The second-order valence-corrected chi connectivity index (χ2v) is 3.75. The molecular weight excluding hydrogens is 204 g/mol. The maximum atomic E-state index is 11.9. The topological polar surface area (TPSA) is 52.6 Å². The summed E-state index contributed by atoms with van der Waals surface area (Å²) < 4.78 is 0.